The standard InChI is InChI=1S/C10H10O3/c1-6-2-3-9-7(4-6)8(11)5-10(12)13-9/h2-4,8,11H,5H2,1H3. The first-order valence-electron chi connectivity index (χ1n) is 4.16. The van der Waals surface area contributed by atoms with Gasteiger partial charge in [0.15, 0.2) is 0 Å². The molecule has 1 heterocycles. The number of carbonyl (C=O) groups is 1. The summed E-state index contributed by atoms with van der Waals surface area (Å²) in [6.07, 6.45) is -0.660. The molecule has 0 bridgehead atoms. The number of aryl methyl sites for hydroxylation is 1. The van der Waals surface area contributed by atoms with Crippen LogP contribution in [0.1, 0.15) is 23.7 Å². The molecule has 0 saturated heterocycles. The zero-order valence-corrected chi connectivity index (χ0v) is 7.28. The van der Waals surface area contributed by atoms with Crippen molar-refractivity contribution >= 4 is 5.97 Å². The van der Waals surface area contributed by atoms with E-state index in [1.54, 1.807) is 6.07 Å². The molecule has 1 aliphatic rings. The smallest absolute Gasteiger partial charge is 0.314 e. The minimum absolute atomic E-state index is 0.0520. The van der Waals surface area contributed by atoms with Crippen LogP contribution in [-0.2, 0) is 4.79 Å². The lowest BCUT2D eigenvalue weighted by Gasteiger charge is -2.20. The monoisotopic (exact) mass is 178 g/mol. The maximum absolute atomic E-state index is 10.9. The van der Waals surface area contributed by atoms with Crippen LogP contribution in [0.2, 0.25) is 0 Å². The Bertz CT molecular complexity index is 357. The van der Waals surface area contributed by atoms with E-state index in [1.807, 2.05) is 19.1 Å². The number of ether oxygens (including phenoxy) is 1. The lowest BCUT2D eigenvalue weighted by molar-refractivity contribution is -0.138. The maximum Gasteiger partial charge on any atom is 0.314 e. The Morgan fingerprint density at radius 2 is 2.31 bits per heavy atom. The largest absolute Gasteiger partial charge is 0.426 e. The Kier molecular flexibility index (Phi) is 1.81. The molecule has 0 radical (unpaired) electrons. The SMILES string of the molecule is Cc1ccc2c(c1)C(O)CC(=O)O2. The molecule has 0 aliphatic carbocycles. The number of benzene rings is 1. The summed E-state index contributed by atoms with van der Waals surface area (Å²) in [4.78, 5) is 10.9. The third-order valence-electron chi connectivity index (χ3n) is 2.11. The summed E-state index contributed by atoms with van der Waals surface area (Å²) in [5.41, 5.74) is 1.76. The van der Waals surface area contributed by atoms with E-state index in [0.717, 1.165) is 5.56 Å². The van der Waals surface area contributed by atoms with Crippen molar-refractivity contribution in [2.45, 2.75) is 19.4 Å². The number of esters is 1. The lowest BCUT2D eigenvalue weighted by atomic mass is 10.0. The van der Waals surface area contributed by atoms with Gasteiger partial charge < -0.3 is 9.84 Å². The first-order chi connectivity index (χ1) is 6.16. The first-order valence-corrected chi connectivity index (χ1v) is 4.16. The van der Waals surface area contributed by atoms with Crippen LogP contribution in [0.15, 0.2) is 18.2 Å². The van der Waals surface area contributed by atoms with E-state index >= 15 is 0 Å². The van der Waals surface area contributed by atoms with E-state index < -0.39 is 6.10 Å². The topological polar surface area (TPSA) is 46.5 Å². The Balaban J connectivity index is 2.49. The van der Waals surface area contributed by atoms with Crippen LogP contribution < -0.4 is 4.74 Å². The van der Waals surface area contributed by atoms with E-state index in [1.165, 1.54) is 0 Å². The molecule has 0 saturated carbocycles. The van der Waals surface area contributed by atoms with Gasteiger partial charge >= 0.3 is 5.97 Å². The van der Waals surface area contributed by atoms with Gasteiger partial charge in [-0.2, -0.15) is 0 Å². The van der Waals surface area contributed by atoms with Crippen LogP contribution in [-0.4, -0.2) is 11.1 Å². The van der Waals surface area contributed by atoms with Gasteiger partial charge in [-0.3, -0.25) is 4.79 Å². The Labute approximate surface area is 76.0 Å². The molecule has 0 aromatic heterocycles. The molecule has 1 aromatic rings. The molecule has 3 heteroatoms. The van der Waals surface area contributed by atoms with Crippen LogP contribution in [0.4, 0.5) is 0 Å². The maximum atomic E-state index is 10.9. The summed E-state index contributed by atoms with van der Waals surface area (Å²) in [5.74, 6) is 0.109. The van der Waals surface area contributed by atoms with Crippen molar-refractivity contribution in [2.75, 3.05) is 0 Å². The zero-order valence-electron chi connectivity index (χ0n) is 7.28. The van der Waals surface area contributed by atoms with Crippen LogP contribution >= 0.6 is 0 Å². The zero-order chi connectivity index (χ0) is 9.42. The second-order valence-electron chi connectivity index (χ2n) is 3.24. The molecule has 1 unspecified atom stereocenters. The fraction of sp³-hybridized carbons (Fsp3) is 0.300. The predicted octanol–water partition coefficient (Wildman–Crippen LogP) is 1.34. The number of carbonyl (C=O) groups excluding carboxylic acids is 1. The minimum atomic E-state index is -0.712. The van der Waals surface area contributed by atoms with Crippen LogP contribution in [0.3, 0.4) is 0 Å². The number of hydrogen-bond acceptors (Lipinski definition) is 3. The fourth-order valence-electron chi connectivity index (χ4n) is 1.45. The van der Waals surface area contributed by atoms with Gasteiger partial charge in [0.25, 0.3) is 0 Å². The molecule has 0 fully saturated rings. The normalized spacial score (nSPS) is 20.8. The van der Waals surface area contributed by atoms with Gasteiger partial charge in [-0.15, -0.1) is 0 Å². The second-order valence-corrected chi connectivity index (χ2v) is 3.24. The second kappa shape index (κ2) is 2.85. The highest BCUT2D eigenvalue weighted by Crippen LogP contribution is 2.32. The molecule has 1 atom stereocenters. The van der Waals surface area contributed by atoms with Crippen molar-refractivity contribution in [3.8, 4) is 5.75 Å². The van der Waals surface area contributed by atoms with Crippen molar-refractivity contribution in [2.24, 2.45) is 0 Å². The van der Waals surface area contributed by atoms with Gasteiger partial charge in [0.1, 0.15) is 5.75 Å². The molecule has 1 N–H and O–H groups in total. The van der Waals surface area contributed by atoms with Gasteiger partial charge in [-0.25, -0.2) is 0 Å². The average molecular weight is 178 g/mol. The molecule has 1 aromatic carbocycles. The quantitative estimate of drug-likeness (QED) is 0.481. The highest BCUT2D eigenvalue weighted by atomic mass is 16.5. The highest BCUT2D eigenvalue weighted by Gasteiger charge is 2.24. The van der Waals surface area contributed by atoms with Gasteiger partial charge in [-0.05, 0) is 19.1 Å². The lowest BCUT2D eigenvalue weighted by Crippen LogP contribution is -2.19. The Morgan fingerprint density at radius 3 is 3.08 bits per heavy atom. The number of hydrogen-bond donors (Lipinski definition) is 1. The van der Waals surface area contributed by atoms with Crippen LogP contribution in [0.25, 0.3) is 0 Å². The summed E-state index contributed by atoms with van der Waals surface area (Å²) in [5, 5.41) is 9.56. The molecule has 68 valence electrons. The van der Waals surface area contributed by atoms with Crippen molar-refractivity contribution in [3.05, 3.63) is 29.3 Å². The van der Waals surface area contributed by atoms with E-state index in [0.29, 0.717) is 11.3 Å². The highest BCUT2D eigenvalue weighted by molar-refractivity contribution is 5.76. The van der Waals surface area contributed by atoms with Crippen molar-refractivity contribution in [1.82, 2.24) is 0 Å². The number of aliphatic hydroxyl groups is 1. The molecular weight excluding hydrogens is 168 g/mol. The summed E-state index contributed by atoms with van der Waals surface area (Å²) in [6, 6.07) is 5.40. The average Bonchev–Trinajstić information content (AvgIpc) is 2.06. The molecule has 1 aliphatic heterocycles. The molecule has 3 nitrogen and oxygen atoms in total. The number of fused-ring (bicyclic) bond motifs is 1. The van der Waals surface area contributed by atoms with E-state index in [-0.39, 0.29) is 12.4 Å². The molecule has 2 rings (SSSR count). The molecular formula is C10H10O3. The molecule has 0 spiro atoms. The predicted molar refractivity (Wildman–Crippen MR) is 46.4 cm³/mol. The Hall–Kier alpha value is -1.35. The number of aliphatic hydroxyl groups excluding tert-OH is 1. The first kappa shape index (κ1) is 8.26. The third-order valence-corrected chi connectivity index (χ3v) is 2.11. The number of rotatable bonds is 0. The summed E-state index contributed by atoms with van der Waals surface area (Å²) in [7, 11) is 0. The van der Waals surface area contributed by atoms with Crippen molar-refractivity contribution in [3.63, 3.8) is 0 Å². The van der Waals surface area contributed by atoms with Gasteiger partial charge in [0.2, 0.25) is 0 Å². The Morgan fingerprint density at radius 1 is 1.54 bits per heavy atom. The summed E-state index contributed by atoms with van der Waals surface area (Å²) >= 11 is 0. The van der Waals surface area contributed by atoms with E-state index in [9.17, 15) is 9.90 Å². The molecule has 0 amide bonds. The minimum Gasteiger partial charge on any atom is -0.426 e. The van der Waals surface area contributed by atoms with E-state index in [2.05, 4.69) is 0 Å². The third kappa shape index (κ3) is 1.42. The van der Waals surface area contributed by atoms with E-state index in [4.69, 9.17) is 4.74 Å². The fourth-order valence-corrected chi connectivity index (χ4v) is 1.45. The van der Waals surface area contributed by atoms with Crippen LogP contribution in [0.5, 0.6) is 5.75 Å². The van der Waals surface area contributed by atoms with Gasteiger partial charge in [0.05, 0.1) is 12.5 Å². The van der Waals surface area contributed by atoms with Crippen molar-refractivity contribution in [1.29, 1.82) is 0 Å². The summed E-state index contributed by atoms with van der Waals surface area (Å²) in [6.45, 7) is 1.93. The summed E-state index contributed by atoms with van der Waals surface area (Å²) < 4.78 is 4.96. The van der Waals surface area contributed by atoms with Crippen LogP contribution in [0, 0.1) is 6.92 Å². The van der Waals surface area contributed by atoms with Gasteiger partial charge in [0, 0.05) is 5.56 Å². The molecule has 13 heavy (non-hydrogen) atoms. The van der Waals surface area contributed by atoms with Gasteiger partial charge in [-0.1, -0.05) is 11.6 Å². The van der Waals surface area contributed by atoms with Crippen molar-refractivity contribution < 1.29 is 14.6 Å².